The number of aliphatic hydroxyl groups excluding tert-OH is 1. The van der Waals surface area contributed by atoms with Crippen LogP contribution in [0.4, 0.5) is 5.69 Å². The summed E-state index contributed by atoms with van der Waals surface area (Å²) in [5.74, 6) is -0.965. The number of hydrogen-bond acceptors (Lipinski definition) is 5. The van der Waals surface area contributed by atoms with Gasteiger partial charge in [-0.25, -0.2) is 0 Å². The molecule has 4 rings (SSSR count). The van der Waals surface area contributed by atoms with E-state index in [1.54, 1.807) is 54.7 Å². The van der Waals surface area contributed by atoms with Gasteiger partial charge in [-0.3, -0.25) is 19.5 Å². The maximum atomic E-state index is 13.1. The van der Waals surface area contributed by atoms with Gasteiger partial charge in [0.15, 0.2) is 0 Å². The number of aliphatic hydroxyl groups is 1. The summed E-state index contributed by atoms with van der Waals surface area (Å²) in [6.45, 7) is 4.36. The standard InChI is InChI=1S/C25H22N2O4/c1-3-31-20-12-10-17(11-13-20)22-21(23(28)18-8-6-16(2)7-9-18)24(29)25(30)27(22)19-5-4-14-26-15-19/h4-15,22,28H,3H2,1-2H3/b23-21+. The molecule has 6 heteroatoms. The zero-order valence-corrected chi connectivity index (χ0v) is 17.3. The van der Waals surface area contributed by atoms with Gasteiger partial charge in [0.25, 0.3) is 11.7 Å². The van der Waals surface area contributed by atoms with Crippen LogP contribution < -0.4 is 9.64 Å². The van der Waals surface area contributed by atoms with Crippen LogP contribution in [-0.4, -0.2) is 28.4 Å². The first kappa shape index (κ1) is 20.3. The van der Waals surface area contributed by atoms with Crippen LogP contribution in [0.3, 0.4) is 0 Å². The molecular formula is C25H22N2O4. The molecule has 1 saturated heterocycles. The Bertz CT molecular complexity index is 1140. The second kappa shape index (κ2) is 8.44. The molecule has 2 heterocycles. The first-order valence-corrected chi connectivity index (χ1v) is 10.0. The molecule has 1 aromatic heterocycles. The number of carbonyl (C=O) groups excluding carboxylic acids is 2. The third kappa shape index (κ3) is 3.80. The Kier molecular flexibility index (Phi) is 5.54. The van der Waals surface area contributed by atoms with E-state index >= 15 is 0 Å². The van der Waals surface area contributed by atoms with Crippen molar-refractivity contribution in [3.63, 3.8) is 0 Å². The monoisotopic (exact) mass is 414 g/mol. The molecule has 0 radical (unpaired) electrons. The molecule has 1 aliphatic rings. The van der Waals surface area contributed by atoms with Gasteiger partial charge in [-0.2, -0.15) is 0 Å². The van der Waals surface area contributed by atoms with Crippen LogP contribution >= 0.6 is 0 Å². The highest BCUT2D eigenvalue weighted by Crippen LogP contribution is 2.42. The van der Waals surface area contributed by atoms with E-state index in [0.29, 0.717) is 29.2 Å². The number of carbonyl (C=O) groups is 2. The van der Waals surface area contributed by atoms with Crippen molar-refractivity contribution in [2.75, 3.05) is 11.5 Å². The summed E-state index contributed by atoms with van der Waals surface area (Å²) >= 11 is 0. The molecule has 1 unspecified atom stereocenters. The quantitative estimate of drug-likeness (QED) is 0.380. The lowest BCUT2D eigenvalue weighted by Gasteiger charge is -2.25. The Hall–Kier alpha value is -3.93. The SMILES string of the molecule is CCOc1ccc(C2/C(=C(\O)c3ccc(C)cc3)C(=O)C(=O)N2c2cccnc2)cc1. The summed E-state index contributed by atoms with van der Waals surface area (Å²) in [4.78, 5) is 31.6. The number of aromatic nitrogens is 1. The van der Waals surface area contributed by atoms with Crippen LogP contribution in [0.2, 0.25) is 0 Å². The van der Waals surface area contributed by atoms with Crippen molar-refractivity contribution in [1.29, 1.82) is 0 Å². The van der Waals surface area contributed by atoms with Gasteiger partial charge in [0.1, 0.15) is 11.5 Å². The molecule has 0 spiro atoms. The highest BCUT2D eigenvalue weighted by Gasteiger charge is 2.47. The van der Waals surface area contributed by atoms with Gasteiger partial charge in [-0.1, -0.05) is 42.0 Å². The lowest BCUT2D eigenvalue weighted by atomic mass is 9.95. The second-order valence-electron chi connectivity index (χ2n) is 7.25. The first-order valence-electron chi connectivity index (χ1n) is 10.0. The Morgan fingerprint density at radius 2 is 1.77 bits per heavy atom. The van der Waals surface area contributed by atoms with Crippen LogP contribution in [0, 0.1) is 6.92 Å². The molecule has 0 aliphatic carbocycles. The summed E-state index contributed by atoms with van der Waals surface area (Å²) < 4.78 is 5.51. The Labute approximate surface area is 180 Å². The van der Waals surface area contributed by atoms with Crippen molar-refractivity contribution >= 4 is 23.1 Å². The van der Waals surface area contributed by atoms with Gasteiger partial charge < -0.3 is 9.84 Å². The predicted molar refractivity (Wildman–Crippen MR) is 118 cm³/mol. The maximum Gasteiger partial charge on any atom is 0.300 e. The molecule has 2 aromatic carbocycles. The zero-order chi connectivity index (χ0) is 22.0. The summed E-state index contributed by atoms with van der Waals surface area (Å²) in [5, 5.41) is 11.1. The molecule has 156 valence electrons. The van der Waals surface area contributed by atoms with Crippen LogP contribution in [-0.2, 0) is 9.59 Å². The third-order valence-electron chi connectivity index (χ3n) is 5.20. The fraction of sp³-hybridized carbons (Fsp3) is 0.160. The number of ketones is 1. The van der Waals surface area contributed by atoms with Crippen LogP contribution in [0.25, 0.3) is 5.76 Å². The number of ether oxygens (including phenoxy) is 1. The number of hydrogen-bond donors (Lipinski definition) is 1. The molecular weight excluding hydrogens is 392 g/mol. The van der Waals surface area contributed by atoms with Crippen molar-refractivity contribution in [3.05, 3.63) is 95.3 Å². The van der Waals surface area contributed by atoms with E-state index in [1.165, 1.54) is 11.1 Å². The molecule has 1 amide bonds. The number of aryl methyl sites for hydroxylation is 1. The molecule has 3 aromatic rings. The van der Waals surface area contributed by atoms with E-state index in [2.05, 4.69) is 4.98 Å². The number of anilines is 1. The van der Waals surface area contributed by atoms with Gasteiger partial charge in [-0.05, 0) is 43.7 Å². The van der Waals surface area contributed by atoms with Gasteiger partial charge in [0.05, 0.1) is 30.1 Å². The van der Waals surface area contributed by atoms with Crippen LogP contribution in [0.5, 0.6) is 5.75 Å². The molecule has 6 nitrogen and oxygen atoms in total. The van der Waals surface area contributed by atoms with Crippen LogP contribution in [0.15, 0.2) is 78.6 Å². The summed E-state index contributed by atoms with van der Waals surface area (Å²) in [7, 11) is 0. The largest absolute Gasteiger partial charge is 0.507 e. The minimum Gasteiger partial charge on any atom is -0.507 e. The van der Waals surface area contributed by atoms with Crippen molar-refractivity contribution in [3.8, 4) is 5.75 Å². The number of nitrogens with zero attached hydrogens (tertiary/aromatic N) is 2. The maximum absolute atomic E-state index is 13.1. The number of pyridine rings is 1. The fourth-order valence-electron chi connectivity index (χ4n) is 3.69. The second-order valence-corrected chi connectivity index (χ2v) is 7.25. The number of Topliss-reactive ketones (excluding diaryl/α,β-unsaturated/α-hetero) is 1. The Balaban J connectivity index is 1.89. The number of amides is 1. The van der Waals surface area contributed by atoms with Gasteiger partial charge >= 0.3 is 0 Å². The minimum atomic E-state index is -0.791. The van der Waals surface area contributed by atoms with Gasteiger partial charge in [-0.15, -0.1) is 0 Å². The fourth-order valence-corrected chi connectivity index (χ4v) is 3.69. The van der Waals surface area contributed by atoms with Gasteiger partial charge in [0.2, 0.25) is 0 Å². The summed E-state index contributed by atoms with van der Waals surface area (Å²) in [6.07, 6.45) is 3.12. The third-order valence-corrected chi connectivity index (χ3v) is 5.20. The van der Waals surface area contributed by atoms with Crippen molar-refractivity contribution < 1.29 is 19.4 Å². The Morgan fingerprint density at radius 3 is 2.39 bits per heavy atom. The lowest BCUT2D eigenvalue weighted by Crippen LogP contribution is -2.29. The van der Waals surface area contributed by atoms with Crippen molar-refractivity contribution in [2.45, 2.75) is 19.9 Å². The van der Waals surface area contributed by atoms with E-state index in [9.17, 15) is 14.7 Å². The van der Waals surface area contributed by atoms with E-state index in [-0.39, 0.29) is 11.3 Å². The smallest absolute Gasteiger partial charge is 0.300 e. The molecule has 1 aliphatic heterocycles. The van der Waals surface area contributed by atoms with Crippen molar-refractivity contribution in [2.24, 2.45) is 0 Å². The average molecular weight is 414 g/mol. The molecule has 1 fully saturated rings. The van der Waals surface area contributed by atoms with Gasteiger partial charge in [0, 0.05) is 11.8 Å². The number of benzene rings is 2. The van der Waals surface area contributed by atoms with Crippen molar-refractivity contribution in [1.82, 2.24) is 4.98 Å². The highest BCUT2D eigenvalue weighted by atomic mass is 16.5. The molecule has 1 N–H and O–H groups in total. The predicted octanol–water partition coefficient (Wildman–Crippen LogP) is 4.42. The Morgan fingerprint density at radius 1 is 1.06 bits per heavy atom. The molecule has 31 heavy (non-hydrogen) atoms. The number of rotatable bonds is 5. The summed E-state index contributed by atoms with van der Waals surface area (Å²) in [6, 6.07) is 16.9. The average Bonchev–Trinajstić information content (AvgIpc) is 3.06. The van der Waals surface area contributed by atoms with E-state index in [1.807, 2.05) is 26.0 Å². The normalized spacial score (nSPS) is 17.7. The molecule has 1 atom stereocenters. The van der Waals surface area contributed by atoms with E-state index < -0.39 is 17.7 Å². The highest BCUT2D eigenvalue weighted by molar-refractivity contribution is 6.51. The zero-order valence-electron chi connectivity index (χ0n) is 17.3. The lowest BCUT2D eigenvalue weighted by molar-refractivity contribution is -0.132. The topological polar surface area (TPSA) is 79.7 Å². The summed E-state index contributed by atoms with van der Waals surface area (Å²) in [5.41, 5.74) is 2.70. The van der Waals surface area contributed by atoms with E-state index in [0.717, 1.165) is 5.56 Å². The molecule has 0 saturated carbocycles. The van der Waals surface area contributed by atoms with Crippen LogP contribution in [0.1, 0.15) is 29.7 Å². The minimum absolute atomic E-state index is 0.0434. The first-order chi connectivity index (χ1) is 15.0. The molecule has 0 bridgehead atoms. The van der Waals surface area contributed by atoms with E-state index in [4.69, 9.17) is 4.74 Å².